The number of alkyl halides is 2. The first-order chi connectivity index (χ1) is 16.7. The van der Waals surface area contributed by atoms with Gasteiger partial charge in [0.25, 0.3) is 6.43 Å². The van der Waals surface area contributed by atoms with Crippen molar-refractivity contribution in [1.82, 2.24) is 10.6 Å². The van der Waals surface area contributed by atoms with E-state index in [2.05, 4.69) is 10.6 Å². The number of aliphatic carboxylic acids is 1. The monoisotopic (exact) mass is 488 g/mol. The van der Waals surface area contributed by atoms with Crippen LogP contribution in [0.3, 0.4) is 0 Å². The van der Waals surface area contributed by atoms with Crippen molar-refractivity contribution in [3.05, 3.63) is 59.7 Å². The fraction of sp³-hybridized carbons (Fsp3) is 0.423. The van der Waals surface area contributed by atoms with Gasteiger partial charge in [-0.15, -0.1) is 0 Å². The molecule has 2 atom stereocenters. The molecule has 0 spiro atoms. The molecule has 7 nitrogen and oxygen atoms in total. The lowest BCUT2D eigenvalue weighted by molar-refractivity contribution is -0.142. The summed E-state index contributed by atoms with van der Waals surface area (Å²) in [5.74, 6) is -2.79. The van der Waals surface area contributed by atoms with Crippen LogP contribution in [0.1, 0.15) is 43.7 Å². The third-order valence-electron chi connectivity index (χ3n) is 6.01. The second kappa shape index (κ2) is 11.8. The predicted molar refractivity (Wildman–Crippen MR) is 126 cm³/mol. The van der Waals surface area contributed by atoms with E-state index in [9.17, 15) is 28.3 Å². The molecule has 0 saturated carbocycles. The van der Waals surface area contributed by atoms with Crippen LogP contribution in [0, 0.1) is 11.8 Å². The van der Waals surface area contributed by atoms with Gasteiger partial charge in [0, 0.05) is 12.5 Å². The van der Waals surface area contributed by atoms with Crippen LogP contribution in [0.4, 0.5) is 13.6 Å². The van der Waals surface area contributed by atoms with Gasteiger partial charge >= 0.3 is 12.1 Å². The Balaban J connectivity index is 1.55. The van der Waals surface area contributed by atoms with Gasteiger partial charge in [-0.2, -0.15) is 0 Å². The number of alkyl carbamates (subject to hydrolysis) is 1. The number of hydrogen-bond donors (Lipinski definition) is 3. The summed E-state index contributed by atoms with van der Waals surface area (Å²) >= 11 is 0. The number of nitrogens with one attached hydrogen (secondary N) is 2. The Morgan fingerprint density at radius 1 is 1.00 bits per heavy atom. The lowest BCUT2D eigenvalue weighted by Gasteiger charge is -2.20. The minimum absolute atomic E-state index is 0.0441. The van der Waals surface area contributed by atoms with Crippen molar-refractivity contribution in [2.45, 2.75) is 45.1 Å². The first-order valence-electron chi connectivity index (χ1n) is 11.6. The number of rotatable bonds is 11. The number of fused-ring (bicyclic) bond motifs is 3. The molecular formula is C26H30F2N2O5. The number of carboxylic acids is 1. The Morgan fingerprint density at radius 3 is 2.09 bits per heavy atom. The van der Waals surface area contributed by atoms with Crippen molar-refractivity contribution in [2.75, 3.05) is 13.2 Å². The summed E-state index contributed by atoms with van der Waals surface area (Å²) < 4.78 is 32.3. The molecule has 9 heteroatoms. The summed E-state index contributed by atoms with van der Waals surface area (Å²) in [6.45, 7) is 3.48. The van der Waals surface area contributed by atoms with Crippen molar-refractivity contribution in [1.29, 1.82) is 0 Å². The van der Waals surface area contributed by atoms with E-state index < -0.39 is 42.8 Å². The molecule has 2 unspecified atom stereocenters. The van der Waals surface area contributed by atoms with E-state index in [1.165, 1.54) is 0 Å². The summed E-state index contributed by atoms with van der Waals surface area (Å²) in [4.78, 5) is 35.8. The van der Waals surface area contributed by atoms with E-state index in [0.29, 0.717) is 6.42 Å². The van der Waals surface area contributed by atoms with Crippen molar-refractivity contribution in [3.63, 3.8) is 0 Å². The van der Waals surface area contributed by atoms with Crippen LogP contribution in [0.15, 0.2) is 48.5 Å². The molecule has 0 heterocycles. The maximum absolute atomic E-state index is 13.5. The van der Waals surface area contributed by atoms with Crippen molar-refractivity contribution < 1.29 is 33.0 Å². The Bertz CT molecular complexity index is 1010. The molecule has 35 heavy (non-hydrogen) atoms. The summed E-state index contributed by atoms with van der Waals surface area (Å²) in [7, 11) is 0. The highest BCUT2D eigenvalue weighted by Gasteiger charge is 2.31. The maximum atomic E-state index is 13.5. The van der Waals surface area contributed by atoms with E-state index in [0.717, 1.165) is 22.3 Å². The molecule has 0 bridgehead atoms. The molecule has 0 aromatic heterocycles. The largest absolute Gasteiger partial charge is 0.481 e. The van der Waals surface area contributed by atoms with Gasteiger partial charge in [-0.25, -0.2) is 13.6 Å². The molecular weight excluding hydrogens is 458 g/mol. The van der Waals surface area contributed by atoms with Gasteiger partial charge in [-0.1, -0.05) is 62.4 Å². The predicted octanol–water partition coefficient (Wildman–Crippen LogP) is 4.41. The molecule has 3 rings (SSSR count). The molecule has 2 amide bonds. The number of amides is 2. The highest BCUT2D eigenvalue weighted by atomic mass is 19.3. The van der Waals surface area contributed by atoms with Crippen LogP contribution in [0.2, 0.25) is 0 Å². The standard InChI is InChI=1S/C26H30F2N2O5/c1-15(2)11-16(25(32)33)13-29-23(31)12-22(24(27)28)30-26(34)35-14-21-19-9-5-3-7-17(19)18-8-4-6-10-20(18)21/h3-10,15-16,21-22,24H,11-14H2,1-2H3,(H,29,31)(H,30,34)(H,32,33). The third-order valence-corrected chi connectivity index (χ3v) is 6.01. The molecule has 0 aliphatic heterocycles. The normalized spacial score (nSPS) is 14.2. The fourth-order valence-corrected chi connectivity index (χ4v) is 4.34. The minimum atomic E-state index is -3.01. The summed E-state index contributed by atoms with van der Waals surface area (Å²) in [6.07, 6.45) is -4.41. The first kappa shape index (κ1) is 26.1. The highest BCUT2D eigenvalue weighted by Crippen LogP contribution is 2.44. The quantitative estimate of drug-likeness (QED) is 0.435. The summed E-state index contributed by atoms with van der Waals surface area (Å²) in [5, 5.41) is 13.7. The van der Waals surface area contributed by atoms with Gasteiger partial charge in [0.15, 0.2) is 0 Å². The van der Waals surface area contributed by atoms with Crippen molar-refractivity contribution in [2.24, 2.45) is 11.8 Å². The van der Waals surface area contributed by atoms with Crippen molar-refractivity contribution in [3.8, 4) is 11.1 Å². The van der Waals surface area contributed by atoms with E-state index in [4.69, 9.17) is 4.74 Å². The van der Waals surface area contributed by atoms with E-state index >= 15 is 0 Å². The molecule has 0 fully saturated rings. The van der Waals surface area contributed by atoms with Gasteiger partial charge < -0.3 is 20.5 Å². The SMILES string of the molecule is CC(C)CC(CNC(=O)CC(NC(=O)OCC1c2ccccc2-c2ccccc21)C(F)F)C(=O)O. The number of halogens is 2. The molecule has 3 N–H and O–H groups in total. The molecule has 0 saturated heterocycles. The molecule has 1 aliphatic carbocycles. The molecule has 1 aliphatic rings. The molecule has 2 aromatic carbocycles. The zero-order valence-electron chi connectivity index (χ0n) is 19.7. The van der Waals surface area contributed by atoms with Gasteiger partial charge in [0.05, 0.1) is 12.3 Å². The average molecular weight is 489 g/mol. The lowest BCUT2D eigenvalue weighted by atomic mass is 9.97. The number of carbonyl (C=O) groups is 3. The number of carboxylic acid groups (broad SMARTS) is 1. The lowest BCUT2D eigenvalue weighted by Crippen LogP contribution is -2.45. The summed E-state index contributed by atoms with van der Waals surface area (Å²) in [6, 6.07) is 13.7. The molecule has 188 valence electrons. The molecule has 2 aromatic rings. The van der Waals surface area contributed by atoms with Crippen LogP contribution in [0.5, 0.6) is 0 Å². The Hall–Kier alpha value is -3.49. The zero-order chi connectivity index (χ0) is 25.5. The van der Waals surface area contributed by atoms with Crippen LogP contribution in [-0.4, -0.2) is 48.7 Å². The maximum Gasteiger partial charge on any atom is 0.407 e. The van der Waals surface area contributed by atoms with E-state index in [1.807, 2.05) is 62.4 Å². The second-order valence-electron chi connectivity index (χ2n) is 9.08. The van der Waals surface area contributed by atoms with Crippen LogP contribution in [-0.2, 0) is 14.3 Å². The van der Waals surface area contributed by atoms with Gasteiger partial charge in [-0.3, -0.25) is 9.59 Å². The number of carbonyl (C=O) groups excluding carboxylic acids is 2. The minimum Gasteiger partial charge on any atom is -0.481 e. The van der Waals surface area contributed by atoms with Gasteiger partial charge in [-0.05, 0) is 34.6 Å². The Kier molecular flexibility index (Phi) is 8.78. The first-order valence-corrected chi connectivity index (χ1v) is 11.6. The van der Waals surface area contributed by atoms with E-state index in [1.54, 1.807) is 0 Å². The van der Waals surface area contributed by atoms with Crippen LogP contribution >= 0.6 is 0 Å². The van der Waals surface area contributed by atoms with Gasteiger partial charge in [0.1, 0.15) is 12.6 Å². The van der Waals surface area contributed by atoms with Crippen molar-refractivity contribution >= 4 is 18.0 Å². The second-order valence-corrected chi connectivity index (χ2v) is 9.08. The smallest absolute Gasteiger partial charge is 0.407 e. The number of benzene rings is 2. The highest BCUT2D eigenvalue weighted by molar-refractivity contribution is 5.80. The third kappa shape index (κ3) is 6.77. The zero-order valence-corrected chi connectivity index (χ0v) is 19.7. The number of ether oxygens (including phenoxy) is 1. The Labute approximate surface area is 202 Å². The topological polar surface area (TPSA) is 105 Å². The Morgan fingerprint density at radius 2 is 1.57 bits per heavy atom. The van der Waals surface area contributed by atoms with Crippen LogP contribution < -0.4 is 10.6 Å². The van der Waals surface area contributed by atoms with Gasteiger partial charge in [0.2, 0.25) is 5.91 Å². The fourth-order valence-electron chi connectivity index (χ4n) is 4.34. The average Bonchev–Trinajstić information content (AvgIpc) is 3.13. The number of hydrogen-bond acceptors (Lipinski definition) is 4. The van der Waals surface area contributed by atoms with E-state index in [-0.39, 0.29) is 25.0 Å². The molecule has 0 radical (unpaired) electrons. The van der Waals surface area contributed by atoms with Crippen LogP contribution in [0.25, 0.3) is 11.1 Å². The summed E-state index contributed by atoms with van der Waals surface area (Å²) in [5.41, 5.74) is 4.05.